The van der Waals surface area contributed by atoms with Gasteiger partial charge in [0.2, 0.25) is 6.79 Å². The first-order valence-corrected chi connectivity index (χ1v) is 11.7. The summed E-state index contributed by atoms with van der Waals surface area (Å²) < 4.78 is 24.2. The molecule has 3 aromatic rings. The molecule has 9 heteroatoms. The fourth-order valence-corrected chi connectivity index (χ4v) is 4.54. The van der Waals surface area contributed by atoms with Crippen LogP contribution in [0.15, 0.2) is 41.4 Å². The molecular formula is C24H26N2O6S. The fourth-order valence-electron chi connectivity index (χ4n) is 3.48. The number of benzene rings is 2. The van der Waals surface area contributed by atoms with Gasteiger partial charge in [0.1, 0.15) is 5.75 Å². The molecule has 2 heterocycles. The van der Waals surface area contributed by atoms with Crippen LogP contribution < -0.4 is 19.0 Å². The molecule has 4 rings (SSSR count). The molecule has 1 aliphatic heterocycles. The molecule has 0 saturated heterocycles. The summed E-state index contributed by atoms with van der Waals surface area (Å²) in [6.07, 6.45) is 3.34. The monoisotopic (exact) mass is 470 g/mol. The summed E-state index contributed by atoms with van der Waals surface area (Å²) in [5.41, 5.74) is 1.25. The Labute approximate surface area is 195 Å². The Kier molecular flexibility index (Phi) is 7.29. The van der Waals surface area contributed by atoms with Gasteiger partial charge in [-0.15, -0.1) is 0 Å². The Bertz CT molecular complexity index is 1230. The smallest absolute Gasteiger partial charge is 0.307 e. The molecule has 0 spiro atoms. The van der Waals surface area contributed by atoms with Crippen LogP contribution in [0.3, 0.4) is 0 Å². The lowest BCUT2D eigenvalue weighted by molar-refractivity contribution is -0.140. The molecule has 1 amide bonds. The zero-order valence-corrected chi connectivity index (χ0v) is 19.5. The Morgan fingerprint density at radius 3 is 2.76 bits per heavy atom. The van der Waals surface area contributed by atoms with Gasteiger partial charge < -0.3 is 23.5 Å². The molecule has 0 aliphatic carbocycles. The molecule has 0 atom stereocenters. The molecule has 33 heavy (non-hydrogen) atoms. The van der Waals surface area contributed by atoms with E-state index >= 15 is 0 Å². The second-order valence-electron chi connectivity index (χ2n) is 7.54. The number of unbranched alkanes of at least 4 members (excludes halogenated alkanes) is 2. The third-order valence-corrected chi connectivity index (χ3v) is 6.28. The zero-order chi connectivity index (χ0) is 23.2. The maximum Gasteiger partial charge on any atom is 0.307 e. The molecule has 0 radical (unpaired) electrons. The molecule has 0 bridgehead atoms. The van der Waals surface area contributed by atoms with Crippen LogP contribution in [0.4, 0.5) is 0 Å². The lowest BCUT2D eigenvalue weighted by atomic mass is 10.2. The number of carbonyl (C=O) groups excluding carboxylic acids is 2. The summed E-state index contributed by atoms with van der Waals surface area (Å²) in [5.74, 6) is 1.19. The van der Waals surface area contributed by atoms with Crippen LogP contribution in [0.25, 0.3) is 10.2 Å². The van der Waals surface area contributed by atoms with Gasteiger partial charge in [-0.3, -0.25) is 9.59 Å². The van der Waals surface area contributed by atoms with Crippen molar-refractivity contribution in [3.63, 3.8) is 0 Å². The molecule has 8 nitrogen and oxygen atoms in total. The van der Waals surface area contributed by atoms with Gasteiger partial charge in [-0.1, -0.05) is 37.2 Å². The van der Waals surface area contributed by atoms with Crippen molar-refractivity contribution in [2.24, 2.45) is 4.99 Å². The normalized spacial score (nSPS) is 12.8. The van der Waals surface area contributed by atoms with E-state index in [-0.39, 0.29) is 25.1 Å². The van der Waals surface area contributed by atoms with Crippen LogP contribution in [0, 0.1) is 0 Å². The Balaban J connectivity index is 1.65. The van der Waals surface area contributed by atoms with E-state index in [2.05, 4.69) is 11.9 Å². The van der Waals surface area contributed by atoms with Gasteiger partial charge in [0.25, 0.3) is 5.91 Å². The topological polar surface area (TPSA) is 88.4 Å². The minimum Gasteiger partial charge on any atom is -0.494 e. The highest BCUT2D eigenvalue weighted by atomic mass is 32.1. The number of nitrogens with zero attached hydrogens (tertiary/aromatic N) is 2. The van der Waals surface area contributed by atoms with Crippen molar-refractivity contribution in [2.45, 2.75) is 39.2 Å². The number of methoxy groups -OCH3 is 1. The van der Waals surface area contributed by atoms with Gasteiger partial charge >= 0.3 is 5.97 Å². The van der Waals surface area contributed by atoms with E-state index in [4.69, 9.17) is 18.9 Å². The molecule has 2 aromatic carbocycles. The number of hydrogen-bond donors (Lipinski definition) is 0. The van der Waals surface area contributed by atoms with E-state index in [0.717, 1.165) is 29.5 Å². The van der Waals surface area contributed by atoms with Crippen molar-refractivity contribution in [3.05, 3.63) is 46.8 Å². The van der Waals surface area contributed by atoms with E-state index in [1.54, 1.807) is 18.2 Å². The molecule has 0 N–H and O–H groups in total. The molecular weight excluding hydrogens is 444 g/mol. The van der Waals surface area contributed by atoms with Crippen molar-refractivity contribution in [2.75, 3.05) is 20.5 Å². The summed E-state index contributed by atoms with van der Waals surface area (Å²) in [6.45, 7) is 3.24. The van der Waals surface area contributed by atoms with E-state index in [9.17, 15) is 9.59 Å². The Morgan fingerprint density at radius 1 is 1.15 bits per heavy atom. The third-order valence-electron chi connectivity index (χ3n) is 5.24. The highest BCUT2D eigenvalue weighted by Gasteiger charge is 2.19. The van der Waals surface area contributed by atoms with E-state index < -0.39 is 0 Å². The van der Waals surface area contributed by atoms with Crippen LogP contribution in [-0.4, -0.2) is 37.0 Å². The Hall–Kier alpha value is -3.33. The molecule has 174 valence electrons. The summed E-state index contributed by atoms with van der Waals surface area (Å²) >= 11 is 1.35. The van der Waals surface area contributed by atoms with Gasteiger partial charge in [0.05, 0.1) is 30.4 Å². The van der Waals surface area contributed by atoms with Gasteiger partial charge in [0.15, 0.2) is 16.3 Å². The predicted octanol–water partition coefficient (Wildman–Crippen LogP) is 4.30. The lowest BCUT2D eigenvalue weighted by Gasteiger charge is -2.07. The highest BCUT2D eigenvalue weighted by molar-refractivity contribution is 7.16. The van der Waals surface area contributed by atoms with Gasteiger partial charge in [-0.2, -0.15) is 4.99 Å². The predicted molar refractivity (Wildman–Crippen MR) is 124 cm³/mol. The first kappa shape index (κ1) is 22.8. The van der Waals surface area contributed by atoms with Crippen molar-refractivity contribution in [1.29, 1.82) is 0 Å². The van der Waals surface area contributed by atoms with Crippen molar-refractivity contribution >= 4 is 33.4 Å². The second kappa shape index (κ2) is 10.5. The number of esters is 1. The summed E-state index contributed by atoms with van der Waals surface area (Å²) in [5, 5.41) is 0. The number of aryl methyl sites for hydroxylation is 1. The molecule has 0 unspecified atom stereocenters. The standard InChI is InChI=1S/C24H26N2O6S/c1-3-4-5-11-30-17-8-6-7-16(12-17)23(28)25-24-26(10-9-22(27)29-2)18-13-19-20(32-15-31-19)14-21(18)33-24/h6-8,12-14H,3-5,9-11,15H2,1-2H3. The number of aromatic nitrogens is 1. The highest BCUT2D eigenvalue weighted by Crippen LogP contribution is 2.37. The van der Waals surface area contributed by atoms with E-state index in [0.29, 0.717) is 40.8 Å². The van der Waals surface area contributed by atoms with Crippen molar-refractivity contribution in [1.82, 2.24) is 4.57 Å². The van der Waals surface area contributed by atoms with Crippen LogP contribution in [-0.2, 0) is 16.1 Å². The second-order valence-corrected chi connectivity index (χ2v) is 8.55. The van der Waals surface area contributed by atoms with Gasteiger partial charge in [0, 0.05) is 24.2 Å². The van der Waals surface area contributed by atoms with Gasteiger partial charge in [-0.05, 0) is 24.6 Å². The van der Waals surface area contributed by atoms with Crippen LogP contribution >= 0.6 is 11.3 Å². The fraction of sp³-hybridized carbons (Fsp3) is 0.375. The average Bonchev–Trinajstić information content (AvgIpc) is 3.42. The summed E-state index contributed by atoms with van der Waals surface area (Å²) in [6, 6.07) is 10.8. The van der Waals surface area contributed by atoms with Crippen molar-refractivity contribution < 1.29 is 28.5 Å². The summed E-state index contributed by atoms with van der Waals surface area (Å²) in [7, 11) is 1.35. The number of thiazole rings is 1. The molecule has 1 aromatic heterocycles. The number of rotatable bonds is 9. The number of carbonyl (C=O) groups is 2. The molecule has 0 saturated carbocycles. The van der Waals surface area contributed by atoms with E-state index in [1.807, 2.05) is 22.8 Å². The molecule has 1 aliphatic rings. The van der Waals surface area contributed by atoms with Crippen LogP contribution in [0.5, 0.6) is 17.2 Å². The average molecular weight is 471 g/mol. The summed E-state index contributed by atoms with van der Waals surface area (Å²) in [4.78, 5) is 29.6. The first-order valence-electron chi connectivity index (χ1n) is 10.9. The largest absolute Gasteiger partial charge is 0.494 e. The number of fused-ring (bicyclic) bond motifs is 2. The third kappa shape index (κ3) is 5.36. The minimum absolute atomic E-state index is 0.152. The zero-order valence-electron chi connectivity index (χ0n) is 18.7. The quantitative estimate of drug-likeness (QED) is 0.342. The van der Waals surface area contributed by atoms with Crippen LogP contribution in [0.1, 0.15) is 43.0 Å². The number of ether oxygens (including phenoxy) is 4. The Morgan fingerprint density at radius 2 is 1.97 bits per heavy atom. The van der Waals surface area contributed by atoms with Gasteiger partial charge in [-0.25, -0.2) is 0 Å². The van der Waals surface area contributed by atoms with E-state index in [1.165, 1.54) is 18.4 Å². The maximum atomic E-state index is 13.0. The van der Waals surface area contributed by atoms with Crippen LogP contribution in [0.2, 0.25) is 0 Å². The SMILES string of the molecule is CCCCCOc1cccc(C(=O)N=c2sc3cc4c(cc3n2CCC(=O)OC)OCO4)c1. The minimum atomic E-state index is -0.382. The number of amides is 1. The number of hydrogen-bond acceptors (Lipinski definition) is 7. The molecule has 0 fully saturated rings. The lowest BCUT2D eigenvalue weighted by Crippen LogP contribution is -2.19. The van der Waals surface area contributed by atoms with Crippen molar-refractivity contribution in [3.8, 4) is 17.2 Å². The first-order chi connectivity index (χ1) is 16.1. The maximum absolute atomic E-state index is 13.0.